The van der Waals surface area contributed by atoms with Gasteiger partial charge in [0.15, 0.2) is 5.82 Å². The fourth-order valence-electron chi connectivity index (χ4n) is 2.91. The molecule has 2 aliphatic rings. The monoisotopic (exact) mass is 291 g/mol. The Balaban J connectivity index is 1.60. The maximum absolute atomic E-state index is 12.4. The molecule has 0 aromatic carbocycles. The zero-order valence-electron chi connectivity index (χ0n) is 12.3. The molecule has 6 heteroatoms. The number of nitrogens with zero attached hydrogens (tertiary/aromatic N) is 1. The first-order valence-electron chi connectivity index (χ1n) is 7.66. The van der Waals surface area contributed by atoms with Crippen LogP contribution in [0.15, 0.2) is 10.6 Å². The molecule has 3 rings (SSSR count). The highest BCUT2D eigenvalue weighted by Gasteiger charge is 2.57. The van der Waals surface area contributed by atoms with Gasteiger partial charge in [-0.3, -0.25) is 9.59 Å². The van der Waals surface area contributed by atoms with Crippen LogP contribution in [0.1, 0.15) is 50.7 Å². The van der Waals surface area contributed by atoms with Gasteiger partial charge in [-0.15, -0.1) is 0 Å². The summed E-state index contributed by atoms with van der Waals surface area (Å²) in [4.78, 5) is 24.8. The molecule has 2 saturated carbocycles. The summed E-state index contributed by atoms with van der Waals surface area (Å²) in [7, 11) is 0. The molecular weight excluding hydrogens is 270 g/mol. The van der Waals surface area contributed by atoms with Crippen LogP contribution in [-0.4, -0.2) is 23.0 Å². The summed E-state index contributed by atoms with van der Waals surface area (Å²) in [5.41, 5.74) is -0.899. The number of rotatable bonds is 4. The number of nitrogens with one attached hydrogen (secondary N) is 2. The minimum absolute atomic E-state index is 0.132. The maximum Gasteiger partial charge on any atom is 0.241 e. The van der Waals surface area contributed by atoms with Crippen LogP contribution in [0.2, 0.25) is 0 Å². The van der Waals surface area contributed by atoms with Gasteiger partial charge in [0.05, 0.1) is 0 Å². The average Bonchev–Trinajstić information content (AvgIpc) is 3.19. The van der Waals surface area contributed by atoms with Gasteiger partial charge in [0.25, 0.3) is 0 Å². The van der Waals surface area contributed by atoms with E-state index in [1.807, 2.05) is 0 Å². The second kappa shape index (κ2) is 5.50. The molecule has 1 aromatic heterocycles. The predicted octanol–water partition coefficient (Wildman–Crippen LogP) is 2.15. The Morgan fingerprint density at radius 3 is 2.52 bits per heavy atom. The highest BCUT2D eigenvalue weighted by molar-refractivity contribution is 6.12. The number of carbonyl (C=O) groups excluding carboxylic acids is 2. The third-order valence-electron chi connectivity index (χ3n) is 4.43. The van der Waals surface area contributed by atoms with E-state index >= 15 is 0 Å². The van der Waals surface area contributed by atoms with Crippen molar-refractivity contribution in [2.24, 2.45) is 5.41 Å². The normalized spacial score (nSPS) is 20.8. The van der Waals surface area contributed by atoms with Gasteiger partial charge in [-0.25, -0.2) is 0 Å². The van der Waals surface area contributed by atoms with E-state index in [9.17, 15) is 9.59 Å². The van der Waals surface area contributed by atoms with Crippen LogP contribution in [0.5, 0.6) is 0 Å². The topological polar surface area (TPSA) is 84.2 Å². The average molecular weight is 291 g/mol. The highest BCUT2D eigenvalue weighted by Crippen LogP contribution is 2.47. The molecule has 1 heterocycles. The van der Waals surface area contributed by atoms with Crippen LogP contribution in [0, 0.1) is 12.3 Å². The van der Waals surface area contributed by atoms with Crippen molar-refractivity contribution in [1.82, 2.24) is 10.5 Å². The van der Waals surface area contributed by atoms with E-state index in [0.717, 1.165) is 25.7 Å². The van der Waals surface area contributed by atoms with Gasteiger partial charge in [0.2, 0.25) is 11.8 Å². The lowest BCUT2D eigenvalue weighted by Crippen LogP contribution is -2.45. The van der Waals surface area contributed by atoms with Crippen LogP contribution in [0.4, 0.5) is 5.82 Å². The van der Waals surface area contributed by atoms with E-state index in [4.69, 9.17) is 4.52 Å². The van der Waals surface area contributed by atoms with Crippen molar-refractivity contribution in [2.45, 2.75) is 57.9 Å². The van der Waals surface area contributed by atoms with Crippen molar-refractivity contribution in [3.05, 3.63) is 11.8 Å². The first-order valence-corrected chi connectivity index (χ1v) is 7.66. The predicted molar refractivity (Wildman–Crippen MR) is 76.6 cm³/mol. The summed E-state index contributed by atoms with van der Waals surface area (Å²) in [5, 5.41) is 9.46. The Labute approximate surface area is 123 Å². The Morgan fingerprint density at radius 1 is 1.24 bits per heavy atom. The first kappa shape index (κ1) is 14.1. The molecule has 21 heavy (non-hydrogen) atoms. The minimum Gasteiger partial charge on any atom is -0.360 e. The summed E-state index contributed by atoms with van der Waals surface area (Å²) in [5.74, 6) is 0.590. The van der Waals surface area contributed by atoms with Gasteiger partial charge in [-0.1, -0.05) is 24.4 Å². The lowest BCUT2D eigenvalue weighted by Gasteiger charge is -2.25. The van der Waals surface area contributed by atoms with E-state index in [1.165, 1.54) is 6.42 Å². The van der Waals surface area contributed by atoms with Crippen LogP contribution in [0.3, 0.4) is 0 Å². The van der Waals surface area contributed by atoms with Gasteiger partial charge in [-0.05, 0) is 32.6 Å². The molecule has 2 fully saturated rings. The summed E-state index contributed by atoms with van der Waals surface area (Å²) in [6.07, 6.45) is 6.80. The second-order valence-corrected chi connectivity index (χ2v) is 6.17. The third-order valence-corrected chi connectivity index (χ3v) is 4.43. The molecule has 0 radical (unpaired) electrons. The van der Waals surface area contributed by atoms with Gasteiger partial charge in [0.1, 0.15) is 11.2 Å². The Hall–Kier alpha value is -1.85. The van der Waals surface area contributed by atoms with Gasteiger partial charge in [-0.2, -0.15) is 0 Å². The van der Waals surface area contributed by atoms with Crippen molar-refractivity contribution in [3.63, 3.8) is 0 Å². The summed E-state index contributed by atoms with van der Waals surface area (Å²) in [6, 6.07) is 1.87. The quantitative estimate of drug-likeness (QED) is 0.832. The summed E-state index contributed by atoms with van der Waals surface area (Å²) >= 11 is 0. The fraction of sp³-hybridized carbons (Fsp3) is 0.667. The number of anilines is 1. The van der Waals surface area contributed by atoms with Crippen LogP contribution >= 0.6 is 0 Å². The molecule has 2 N–H and O–H groups in total. The lowest BCUT2D eigenvalue weighted by atomic mass is 9.94. The van der Waals surface area contributed by atoms with Crippen LogP contribution in [0.25, 0.3) is 0 Å². The molecule has 0 aliphatic heterocycles. The number of carbonyl (C=O) groups is 2. The zero-order valence-corrected chi connectivity index (χ0v) is 12.3. The van der Waals surface area contributed by atoms with Crippen molar-refractivity contribution < 1.29 is 14.1 Å². The van der Waals surface area contributed by atoms with Crippen LogP contribution < -0.4 is 10.6 Å². The van der Waals surface area contributed by atoms with Gasteiger partial charge < -0.3 is 15.2 Å². The molecule has 2 aliphatic carbocycles. The highest BCUT2D eigenvalue weighted by atomic mass is 16.5. The number of aromatic nitrogens is 1. The molecule has 0 atom stereocenters. The van der Waals surface area contributed by atoms with Crippen molar-refractivity contribution in [1.29, 1.82) is 0 Å². The van der Waals surface area contributed by atoms with E-state index in [2.05, 4.69) is 15.8 Å². The van der Waals surface area contributed by atoms with Crippen molar-refractivity contribution in [3.8, 4) is 0 Å². The van der Waals surface area contributed by atoms with Crippen molar-refractivity contribution in [2.75, 3.05) is 5.32 Å². The van der Waals surface area contributed by atoms with E-state index in [0.29, 0.717) is 24.4 Å². The lowest BCUT2D eigenvalue weighted by molar-refractivity contribution is -0.135. The largest absolute Gasteiger partial charge is 0.360 e. The molecule has 0 spiro atoms. The molecule has 114 valence electrons. The number of hydrogen-bond acceptors (Lipinski definition) is 4. The Kier molecular flexibility index (Phi) is 3.69. The fourth-order valence-corrected chi connectivity index (χ4v) is 2.91. The SMILES string of the molecule is Cc1cc(NC(=O)C2(C(=O)NC3CCCCC3)CC2)no1. The summed E-state index contributed by atoms with van der Waals surface area (Å²) in [6.45, 7) is 1.76. The summed E-state index contributed by atoms with van der Waals surface area (Å²) < 4.78 is 4.92. The van der Waals surface area contributed by atoms with Gasteiger partial charge in [0, 0.05) is 12.1 Å². The van der Waals surface area contributed by atoms with E-state index in [-0.39, 0.29) is 17.9 Å². The first-order chi connectivity index (χ1) is 10.1. The molecule has 1 aromatic rings. The van der Waals surface area contributed by atoms with E-state index in [1.54, 1.807) is 13.0 Å². The smallest absolute Gasteiger partial charge is 0.241 e. The molecular formula is C15H21N3O3. The molecule has 0 saturated heterocycles. The minimum atomic E-state index is -0.899. The Bertz CT molecular complexity index is 542. The standard InChI is InChI=1S/C15H21N3O3/c1-10-9-12(18-21-10)17-14(20)15(7-8-15)13(19)16-11-5-3-2-4-6-11/h9,11H,2-8H2,1H3,(H,16,19)(H,17,18,20). The van der Waals surface area contributed by atoms with Gasteiger partial charge >= 0.3 is 0 Å². The maximum atomic E-state index is 12.4. The molecule has 6 nitrogen and oxygen atoms in total. The number of aryl methyl sites for hydroxylation is 1. The number of hydrogen-bond donors (Lipinski definition) is 2. The molecule has 2 amide bonds. The molecule has 0 bridgehead atoms. The molecule has 0 unspecified atom stereocenters. The van der Waals surface area contributed by atoms with Crippen LogP contribution in [-0.2, 0) is 9.59 Å². The van der Waals surface area contributed by atoms with E-state index < -0.39 is 5.41 Å². The van der Waals surface area contributed by atoms with Crippen molar-refractivity contribution >= 4 is 17.6 Å². The number of amides is 2. The second-order valence-electron chi connectivity index (χ2n) is 6.17. The Morgan fingerprint density at radius 2 is 1.95 bits per heavy atom. The third kappa shape index (κ3) is 2.94. The zero-order chi connectivity index (χ0) is 14.9.